The minimum Gasteiger partial charge on any atom is -0.460 e. The average molecular weight is 212 g/mol. The van der Waals surface area contributed by atoms with Crippen molar-refractivity contribution in [1.82, 2.24) is 0 Å². The van der Waals surface area contributed by atoms with E-state index in [0.29, 0.717) is 12.5 Å². The van der Waals surface area contributed by atoms with Crippen molar-refractivity contribution in [2.75, 3.05) is 13.2 Å². The van der Waals surface area contributed by atoms with Crippen LogP contribution >= 0.6 is 0 Å². The molecule has 0 radical (unpaired) electrons. The van der Waals surface area contributed by atoms with Gasteiger partial charge in [0, 0.05) is 12.0 Å². The summed E-state index contributed by atoms with van der Waals surface area (Å²) in [7, 11) is 0. The van der Waals surface area contributed by atoms with Crippen molar-refractivity contribution >= 4 is 5.97 Å². The molecule has 0 bridgehead atoms. The molecular weight excluding hydrogens is 192 g/mol. The molecule has 0 aliphatic carbocycles. The third-order valence-corrected chi connectivity index (χ3v) is 2.67. The van der Waals surface area contributed by atoms with Crippen molar-refractivity contribution < 1.29 is 14.3 Å². The lowest BCUT2D eigenvalue weighted by Crippen LogP contribution is -2.43. The number of hydrogen-bond acceptors (Lipinski definition) is 3. The summed E-state index contributed by atoms with van der Waals surface area (Å²) in [4.78, 5) is 11.0. The average Bonchev–Trinajstić information content (AvgIpc) is 2.17. The van der Waals surface area contributed by atoms with Crippen molar-refractivity contribution in [1.29, 1.82) is 0 Å². The maximum Gasteiger partial charge on any atom is 0.330 e. The first kappa shape index (κ1) is 12.2. The molecule has 1 heterocycles. The van der Waals surface area contributed by atoms with Crippen molar-refractivity contribution in [2.24, 2.45) is 5.92 Å². The Balaban J connectivity index is 2.13. The van der Waals surface area contributed by atoms with Crippen LogP contribution in [0.4, 0.5) is 0 Å². The van der Waals surface area contributed by atoms with E-state index in [-0.39, 0.29) is 12.1 Å². The van der Waals surface area contributed by atoms with Crippen LogP contribution in [0.3, 0.4) is 0 Å². The first-order valence-corrected chi connectivity index (χ1v) is 5.69. The second kappa shape index (κ2) is 6.62. The van der Waals surface area contributed by atoms with Gasteiger partial charge in [-0.1, -0.05) is 25.8 Å². The highest BCUT2D eigenvalue weighted by Crippen LogP contribution is 2.25. The summed E-state index contributed by atoms with van der Waals surface area (Å²) in [5, 5.41) is 0. The predicted octanol–water partition coefficient (Wildman–Crippen LogP) is 2.31. The van der Waals surface area contributed by atoms with Gasteiger partial charge in [0.1, 0.15) is 6.61 Å². The quantitative estimate of drug-likeness (QED) is 0.500. The molecule has 2 atom stereocenters. The summed E-state index contributed by atoms with van der Waals surface area (Å²) < 4.78 is 10.4. The third-order valence-electron chi connectivity index (χ3n) is 2.67. The Labute approximate surface area is 91.4 Å². The summed E-state index contributed by atoms with van der Waals surface area (Å²) in [6, 6.07) is 0. The number of ether oxygens (including phenoxy) is 2. The second-order valence-electron chi connectivity index (χ2n) is 3.90. The fourth-order valence-electron chi connectivity index (χ4n) is 1.64. The number of unbranched alkanes of at least 4 members (excludes halogenated alkanes) is 1. The molecule has 3 heteroatoms. The summed E-state index contributed by atoms with van der Waals surface area (Å²) in [6.07, 6.45) is 6.86. The molecule has 2 unspecified atom stereocenters. The molecule has 0 aromatic heterocycles. The van der Waals surface area contributed by atoms with Crippen LogP contribution in [-0.4, -0.2) is 25.3 Å². The highest BCUT2D eigenvalue weighted by atomic mass is 16.6. The van der Waals surface area contributed by atoms with Gasteiger partial charge in [0.05, 0.1) is 12.7 Å². The number of allylic oxidation sites excluding steroid dienone is 1. The van der Waals surface area contributed by atoms with E-state index in [4.69, 9.17) is 9.47 Å². The molecule has 0 N–H and O–H groups in total. The lowest BCUT2D eigenvalue weighted by atomic mass is 9.93. The summed E-state index contributed by atoms with van der Waals surface area (Å²) in [6.45, 7) is 5.20. The van der Waals surface area contributed by atoms with Crippen LogP contribution in [0, 0.1) is 5.92 Å². The zero-order valence-electron chi connectivity index (χ0n) is 9.57. The Morgan fingerprint density at radius 2 is 2.40 bits per heavy atom. The van der Waals surface area contributed by atoms with Crippen molar-refractivity contribution in [2.45, 2.75) is 39.2 Å². The lowest BCUT2D eigenvalue weighted by molar-refractivity contribution is -0.164. The molecule has 0 amide bonds. The van der Waals surface area contributed by atoms with Crippen molar-refractivity contribution in [3.05, 3.63) is 12.2 Å². The Bertz CT molecular complexity index is 223. The van der Waals surface area contributed by atoms with Crippen molar-refractivity contribution in [3.63, 3.8) is 0 Å². The molecular formula is C12H20O3. The molecule has 0 aromatic rings. The first-order chi connectivity index (χ1) is 7.27. The molecule has 86 valence electrons. The first-order valence-electron chi connectivity index (χ1n) is 5.69. The SMILES string of the molecule is CC=CC(=O)OCC1OCC1CCCC. The number of carbonyl (C=O) groups is 1. The Morgan fingerprint density at radius 3 is 2.93 bits per heavy atom. The topological polar surface area (TPSA) is 35.5 Å². The van der Waals surface area contributed by atoms with E-state index in [1.54, 1.807) is 13.0 Å². The van der Waals surface area contributed by atoms with E-state index in [1.165, 1.54) is 25.3 Å². The largest absolute Gasteiger partial charge is 0.460 e. The van der Waals surface area contributed by atoms with Gasteiger partial charge in [-0.3, -0.25) is 0 Å². The minimum absolute atomic E-state index is 0.130. The number of rotatable bonds is 6. The van der Waals surface area contributed by atoms with Gasteiger partial charge in [0.25, 0.3) is 0 Å². The van der Waals surface area contributed by atoms with Crippen LogP contribution in [-0.2, 0) is 14.3 Å². The van der Waals surface area contributed by atoms with Gasteiger partial charge in [0.15, 0.2) is 0 Å². The van der Waals surface area contributed by atoms with E-state index in [0.717, 1.165) is 6.61 Å². The number of hydrogen-bond donors (Lipinski definition) is 0. The summed E-state index contributed by atoms with van der Waals surface area (Å²) >= 11 is 0. The highest BCUT2D eigenvalue weighted by Gasteiger charge is 2.32. The zero-order valence-corrected chi connectivity index (χ0v) is 9.57. The standard InChI is InChI=1S/C12H20O3/c1-3-5-7-10-8-14-11(10)9-15-12(13)6-4-2/h4,6,10-11H,3,5,7-9H2,1-2H3. The van der Waals surface area contributed by atoms with Gasteiger partial charge < -0.3 is 9.47 Å². The van der Waals surface area contributed by atoms with Crippen LogP contribution in [0.2, 0.25) is 0 Å². The molecule has 0 aromatic carbocycles. The molecule has 1 fully saturated rings. The van der Waals surface area contributed by atoms with Gasteiger partial charge in [-0.2, -0.15) is 0 Å². The zero-order chi connectivity index (χ0) is 11.1. The van der Waals surface area contributed by atoms with Gasteiger partial charge in [-0.05, 0) is 13.3 Å². The highest BCUT2D eigenvalue weighted by molar-refractivity contribution is 5.81. The van der Waals surface area contributed by atoms with Crippen LogP contribution in [0.25, 0.3) is 0 Å². The lowest BCUT2D eigenvalue weighted by Gasteiger charge is -2.36. The summed E-state index contributed by atoms with van der Waals surface area (Å²) in [5.74, 6) is 0.311. The molecule has 1 saturated heterocycles. The third kappa shape index (κ3) is 4.04. The Hall–Kier alpha value is -0.830. The molecule has 1 aliphatic heterocycles. The monoisotopic (exact) mass is 212 g/mol. The van der Waals surface area contributed by atoms with Gasteiger partial charge in [-0.25, -0.2) is 4.79 Å². The molecule has 3 nitrogen and oxygen atoms in total. The van der Waals surface area contributed by atoms with Crippen molar-refractivity contribution in [3.8, 4) is 0 Å². The maximum atomic E-state index is 11.0. The fourth-order valence-corrected chi connectivity index (χ4v) is 1.64. The molecule has 1 aliphatic rings. The van der Waals surface area contributed by atoms with Crippen LogP contribution in [0.1, 0.15) is 33.1 Å². The predicted molar refractivity (Wildman–Crippen MR) is 58.5 cm³/mol. The van der Waals surface area contributed by atoms with Gasteiger partial charge in [-0.15, -0.1) is 0 Å². The van der Waals surface area contributed by atoms with Gasteiger partial charge >= 0.3 is 5.97 Å². The number of carbonyl (C=O) groups excluding carboxylic acids is 1. The van der Waals surface area contributed by atoms with E-state index < -0.39 is 0 Å². The van der Waals surface area contributed by atoms with E-state index in [9.17, 15) is 4.79 Å². The summed E-state index contributed by atoms with van der Waals surface area (Å²) in [5.41, 5.74) is 0. The van der Waals surface area contributed by atoms with E-state index in [1.807, 2.05) is 0 Å². The van der Waals surface area contributed by atoms with Gasteiger partial charge in [0.2, 0.25) is 0 Å². The minimum atomic E-state index is -0.276. The van der Waals surface area contributed by atoms with E-state index >= 15 is 0 Å². The fraction of sp³-hybridized carbons (Fsp3) is 0.750. The molecule has 0 spiro atoms. The molecule has 15 heavy (non-hydrogen) atoms. The van der Waals surface area contributed by atoms with E-state index in [2.05, 4.69) is 6.92 Å². The molecule has 0 saturated carbocycles. The molecule has 1 rings (SSSR count). The second-order valence-corrected chi connectivity index (χ2v) is 3.90. The number of esters is 1. The smallest absolute Gasteiger partial charge is 0.330 e. The Kier molecular flexibility index (Phi) is 5.40. The normalized spacial score (nSPS) is 25.2. The maximum absolute atomic E-state index is 11.0. The van der Waals surface area contributed by atoms with Crippen LogP contribution in [0.5, 0.6) is 0 Å². The van der Waals surface area contributed by atoms with Crippen LogP contribution in [0.15, 0.2) is 12.2 Å². The van der Waals surface area contributed by atoms with Crippen LogP contribution < -0.4 is 0 Å². The Morgan fingerprint density at radius 1 is 1.60 bits per heavy atom.